The van der Waals surface area contributed by atoms with Gasteiger partial charge in [0.05, 0.1) is 10.6 Å². The molecular weight excluding hydrogens is 447 g/mol. The molecule has 1 aliphatic heterocycles. The molecule has 1 heterocycles. The van der Waals surface area contributed by atoms with Gasteiger partial charge < -0.3 is 10.1 Å². The van der Waals surface area contributed by atoms with Gasteiger partial charge in [-0.1, -0.05) is 66.4 Å². The van der Waals surface area contributed by atoms with E-state index >= 15 is 0 Å². The Balaban J connectivity index is 1.49. The highest BCUT2D eigenvalue weighted by molar-refractivity contribution is 8.27. The SMILES string of the molecule is O=C(COc1ccccc1/C=C1\SC(=S)N(c2cccc(F)c2)C1=O)Nc1ccccc1. The van der Waals surface area contributed by atoms with Crippen molar-refractivity contribution in [2.24, 2.45) is 0 Å². The Kier molecular flexibility index (Phi) is 6.63. The van der Waals surface area contributed by atoms with Crippen molar-refractivity contribution < 1.29 is 18.7 Å². The lowest BCUT2D eigenvalue weighted by molar-refractivity contribution is -0.118. The van der Waals surface area contributed by atoms with Crippen molar-refractivity contribution in [2.75, 3.05) is 16.8 Å². The summed E-state index contributed by atoms with van der Waals surface area (Å²) in [4.78, 5) is 26.8. The molecule has 0 aliphatic carbocycles. The molecule has 0 saturated carbocycles. The monoisotopic (exact) mass is 464 g/mol. The molecule has 0 atom stereocenters. The van der Waals surface area contributed by atoms with Crippen molar-refractivity contribution in [1.82, 2.24) is 0 Å². The third kappa shape index (κ3) is 5.04. The Morgan fingerprint density at radius 2 is 1.81 bits per heavy atom. The zero-order valence-corrected chi connectivity index (χ0v) is 18.3. The molecule has 0 bridgehead atoms. The zero-order chi connectivity index (χ0) is 22.5. The zero-order valence-electron chi connectivity index (χ0n) is 16.7. The molecule has 1 fully saturated rings. The van der Waals surface area contributed by atoms with Crippen molar-refractivity contribution in [3.05, 3.63) is 95.1 Å². The Morgan fingerprint density at radius 1 is 1.06 bits per heavy atom. The van der Waals surface area contributed by atoms with Gasteiger partial charge in [-0.2, -0.15) is 0 Å². The van der Waals surface area contributed by atoms with E-state index in [0.29, 0.717) is 31.9 Å². The minimum atomic E-state index is -0.451. The first kappa shape index (κ1) is 21.7. The number of para-hydroxylation sites is 2. The second-order valence-corrected chi connectivity index (χ2v) is 8.41. The third-order valence-corrected chi connectivity index (χ3v) is 5.78. The number of halogens is 1. The number of carbonyl (C=O) groups excluding carboxylic acids is 2. The van der Waals surface area contributed by atoms with Gasteiger partial charge in [0.15, 0.2) is 10.9 Å². The standard InChI is InChI=1S/C24H17FN2O3S2/c25-17-8-6-11-19(14-17)27-23(29)21(32-24(27)31)13-16-7-4-5-12-20(16)30-15-22(28)26-18-9-2-1-3-10-18/h1-14H,15H2,(H,26,28)/b21-13-. The summed E-state index contributed by atoms with van der Waals surface area (Å²) in [6, 6.07) is 21.9. The summed E-state index contributed by atoms with van der Waals surface area (Å²) < 4.78 is 19.6. The van der Waals surface area contributed by atoms with E-state index in [1.54, 1.807) is 48.5 Å². The average Bonchev–Trinajstić information content (AvgIpc) is 3.06. The minimum absolute atomic E-state index is 0.190. The van der Waals surface area contributed by atoms with Crippen molar-refractivity contribution >= 4 is 57.6 Å². The highest BCUT2D eigenvalue weighted by atomic mass is 32.2. The van der Waals surface area contributed by atoms with Crippen LogP contribution in [0, 0.1) is 5.82 Å². The number of benzene rings is 3. The second-order valence-electron chi connectivity index (χ2n) is 6.74. The van der Waals surface area contributed by atoms with Crippen LogP contribution in [0.4, 0.5) is 15.8 Å². The molecule has 1 N–H and O–H groups in total. The third-order valence-electron chi connectivity index (χ3n) is 4.48. The summed E-state index contributed by atoms with van der Waals surface area (Å²) >= 11 is 6.46. The first-order valence-corrected chi connectivity index (χ1v) is 10.8. The molecule has 2 amide bonds. The molecule has 8 heteroatoms. The van der Waals surface area contributed by atoms with Gasteiger partial charge in [-0.15, -0.1) is 0 Å². The molecule has 3 aromatic rings. The largest absolute Gasteiger partial charge is 0.483 e. The van der Waals surface area contributed by atoms with E-state index in [2.05, 4.69) is 5.32 Å². The van der Waals surface area contributed by atoms with E-state index in [0.717, 1.165) is 11.8 Å². The van der Waals surface area contributed by atoms with Gasteiger partial charge in [-0.3, -0.25) is 14.5 Å². The molecule has 1 aliphatic rings. The van der Waals surface area contributed by atoms with Crippen LogP contribution in [0.3, 0.4) is 0 Å². The second kappa shape index (κ2) is 9.76. The Hall–Kier alpha value is -3.49. The maximum absolute atomic E-state index is 13.6. The molecule has 5 nitrogen and oxygen atoms in total. The van der Waals surface area contributed by atoms with Crippen molar-refractivity contribution in [1.29, 1.82) is 0 Å². The molecule has 4 rings (SSSR count). The van der Waals surface area contributed by atoms with Gasteiger partial charge in [-0.05, 0) is 42.5 Å². The van der Waals surface area contributed by atoms with Gasteiger partial charge in [-0.25, -0.2) is 4.39 Å². The normalized spacial score (nSPS) is 14.7. The first-order valence-electron chi connectivity index (χ1n) is 9.61. The van der Waals surface area contributed by atoms with Gasteiger partial charge >= 0.3 is 0 Å². The summed E-state index contributed by atoms with van der Waals surface area (Å²) in [7, 11) is 0. The Labute approximate surface area is 193 Å². The van der Waals surface area contributed by atoms with Crippen molar-refractivity contribution in [3.8, 4) is 5.75 Å². The predicted molar refractivity (Wildman–Crippen MR) is 129 cm³/mol. The quantitative estimate of drug-likeness (QED) is 0.399. The number of carbonyl (C=O) groups is 2. The summed E-state index contributed by atoms with van der Waals surface area (Å²) in [5.74, 6) is -0.648. The summed E-state index contributed by atoms with van der Waals surface area (Å²) in [5, 5.41) is 2.75. The van der Waals surface area contributed by atoms with Crippen LogP contribution in [0.25, 0.3) is 6.08 Å². The van der Waals surface area contributed by atoms with Gasteiger partial charge in [0.2, 0.25) is 0 Å². The van der Waals surface area contributed by atoms with E-state index in [1.807, 2.05) is 18.2 Å². The van der Waals surface area contributed by atoms with Crippen LogP contribution in [0.5, 0.6) is 5.75 Å². The summed E-state index contributed by atoms with van der Waals surface area (Å²) in [6.45, 7) is -0.190. The lowest BCUT2D eigenvalue weighted by Gasteiger charge is -2.14. The van der Waals surface area contributed by atoms with Gasteiger partial charge in [0.1, 0.15) is 11.6 Å². The molecule has 0 unspecified atom stereocenters. The molecule has 0 aromatic heterocycles. The molecule has 160 valence electrons. The van der Waals surface area contributed by atoms with E-state index < -0.39 is 5.82 Å². The molecule has 0 radical (unpaired) electrons. The number of rotatable bonds is 6. The van der Waals surface area contributed by atoms with Crippen LogP contribution in [-0.4, -0.2) is 22.7 Å². The van der Waals surface area contributed by atoms with E-state index in [-0.39, 0.29) is 18.4 Å². The minimum Gasteiger partial charge on any atom is -0.483 e. The molecule has 3 aromatic carbocycles. The van der Waals surface area contributed by atoms with E-state index in [9.17, 15) is 14.0 Å². The summed E-state index contributed by atoms with van der Waals surface area (Å²) in [6.07, 6.45) is 1.66. The number of thiocarbonyl (C=S) groups is 1. The van der Waals surface area contributed by atoms with Crippen LogP contribution in [0.2, 0.25) is 0 Å². The van der Waals surface area contributed by atoms with Crippen LogP contribution in [-0.2, 0) is 9.59 Å². The molecule has 32 heavy (non-hydrogen) atoms. The number of hydrogen-bond donors (Lipinski definition) is 1. The highest BCUT2D eigenvalue weighted by Crippen LogP contribution is 2.37. The van der Waals surface area contributed by atoms with Crippen molar-refractivity contribution in [3.63, 3.8) is 0 Å². The predicted octanol–water partition coefficient (Wildman–Crippen LogP) is 5.25. The van der Waals surface area contributed by atoms with Crippen LogP contribution in [0.15, 0.2) is 83.8 Å². The number of anilines is 2. The lowest BCUT2D eigenvalue weighted by atomic mass is 10.2. The fraction of sp³-hybridized carbons (Fsp3) is 0.0417. The number of amides is 2. The lowest BCUT2D eigenvalue weighted by Crippen LogP contribution is -2.27. The van der Waals surface area contributed by atoms with E-state index in [1.165, 1.54) is 23.1 Å². The maximum Gasteiger partial charge on any atom is 0.270 e. The first-order chi connectivity index (χ1) is 15.5. The number of nitrogens with one attached hydrogen (secondary N) is 1. The van der Waals surface area contributed by atoms with Crippen LogP contribution in [0.1, 0.15) is 5.56 Å². The number of thioether (sulfide) groups is 1. The maximum atomic E-state index is 13.6. The highest BCUT2D eigenvalue weighted by Gasteiger charge is 2.33. The van der Waals surface area contributed by atoms with Crippen LogP contribution >= 0.6 is 24.0 Å². The summed E-state index contributed by atoms with van der Waals surface area (Å²) in [5.41, 5.74) is 1.67. The Morgan fingerprint density at radius 3 is 2.59 bits per heavy atom. The average molecular weight is 465 g/mol. The Bertz CT molecular complexity index is 1210. The molecule has 1 saturated heterocycles. The number of nitrogens with zero attached hydrogens (tertiary/aromatic N) is 1. The van der Waals surface area contributed by atoms with Crippen molar-refractivity contribution in [2.45, 2.75) is 0 Å². The topological polar surface area (TPSA) is 58.6 Å². The fourth-order valence-corrected chi connectivity index (χ4v) is 4.33. The fourth-order valence-electron chi connectivity index (χ4n) is 3.04. The smallest absolute Gasteiger partial charge is 0.270 e. The van der Waals surface area contributed by atoms with Crippen LogP contribution < -0.4 is 15.0 Å². The van der Waals surface area contributed by atoms with E-state index in [4.69, 9.17) is 17.0 Å². The van der Waals surface area contributed by atoms with Gasteiger partial charge in [0.25, 0.3) is 11.8 Å². The van der Waals surface area contributed by atoms with Gasteiger partial charge in [0, 0.05) is 11.3 Å². The molecule has 0 spiro atoms. The number of hydrogen-bond acceptors (Lipinski definition) is 5. The number of ether oxygens (including phenoxy) is 1. The molecular formula is C24H17FN2O3S2.